The molecule has 4 nitrogen and oxygen atoms in total. The first-order chi connectivity index (χ1) is 8.78. The predicted molar refractivity (Wildman–Crippen MR) is 76.8 cm³/mol. The van der Waals surface area contributed by atoms with Crippen LogP contribution >= 0.6 is 0 Å². The highest BCUT2D eigenvalue weighted by Gasteiger charge is 2.52. The molecule has 0 bridgehead atoms. The second-order valence-corrected chi connectivity index (χ2v) is 6.13. The number of rotatable bonds is 4. The lowest BCUT2D eigenvalue weighted by atomic mass is 9.84. The molecule has 0 spiro atoms. The smallest absolute Gasteiger partial charge is 0.398 e. The molecule has 2 heterocycles. The lowest BCUT2D eigenvalue weighted by Crippen LogP contribution is -2.41. The van der Waals surface area contributed by atoms with E-state index in [0.29, 0.717) is 6.61 Å². The molecule has 1 aliphatic rings. The van der Waals surface area contributed by atoms with Crippen LogP contribution in [0.5, 0.6) is 0 Å². The van der Waals surface area contributed by atoms with Crippen LogP contribution in [0.3, 0.4) is 0 Å². The maximum Gasteiger partial charge on any atom is 0.512 e. The first-order valence-corrected chi connectivity index (χ1v) is 6.79. The minimum absolute atomic E-state index is 0.304. The molecule has 5 heteroatoms. The Morgan fingerprint density at radius 1 is 1.16 bits per heavy atom. The fourth-order valence-corrected chi connectivity index (χ4v) is 2.25. The van der Waals surface area contributed by atoms with Crippen molar-refractivity contribution in [2.24, 2.45) is 0 Å². The van der Waals surface area contributed by atoms with Crippen molar-refractivity contribution in [3.8, 4) is 0 Å². The van der Waals surface area contributed by atoms with Crippen molar-refractivity contribution in [3.05, 3.63) is 17.8 Å². The molecule has 2 rings (SSSR count). The van der Waals surface area contributed by atoms with Crippen LogP contribution in [0.1, 0.15) is 33.4 Å². The van der Waals surface area contributed by atoms with Crippen molar-refractivity contribution < 1.29 is 14.0 Å². The summed E-state index contributed by atoms with van der Waals surface area (Å²) in [5.41, 5.74) is 1.65. The van der Waals surface area contributed by atoms with Crippen LogP contribution in [0, 0.1) is 6.92 Å². The van der Waals surface area contributed by atoms with Crippen LogP contribution in [0.4, 0.5) is 0 Å². The zero-order chi connectivity index (χ0) is 14.3. The molecule has 0 unspecified atom stereocenters. The van der Waals surface area contributed by atoms with Gasteiger partial charge in [0.05, 0.1) is 17.8 Å². The van der Waals surface area contributed by atoms with E-state index in [2.05, 4.69) is 51.3 Å². The van der Waals surface area contributed by atoms with Gasteiger partial charge in [-0.3, -0.25) is 0 Å². The molecule has 0 radical (unpaired) electrons. The number of nitrogens with zero attached hydrogens (tertiary/aromatic N) is 1. The molecule has 0 atom stereocenters. The number of hydrogen-bond donors (Lipinski definition) is 0. The van der Waals surface area contributed by atoms with Crippen molar-refractivity contribution in [2.45, 2.75) is 52.4 Å². The summed E-state index contributed by atoms with van der Waals surface area (Å²) in [7, 11) is 1.41. The monoisotopic (exact) mass is 265 g/mol. The molecule has 1 aliphatic heterocycles. The second-order valence-electron chi connectivity index (χ2n) is 6.13. The first-order valence-electron chi connectivity index (χ1n) is 6.79. The van der Waals surface area contributed by atoms with Gasteiger partial charge in [-0.2, -0.15) is 0 Å². The van der Waals surface area contributed by atoms with E-state index in [1.165, 1.54) is 5.69 Å². The number of aryl methyl sites for hydroxylation is 1. The molecule has 106 valence electrons. The summed E-state index contributed by atoms with van der Waals surface area (Å²) in [4.78, 5) is 0. The van der Waals surface area contributed by atoms with Gasteiger partial charge in [0, 0.05) is 24.9 Å². The summed E-state index contributed by atoms with van der Waals surface area (Å²) in [6.07, 6.45) is 0. The number of methoxy groups -OCH3 is 1. The van der Waals surface area contributed by atoms with E-state index >= 15 is 0 Å². The SMILES string of the molecule is COCCn1c(C)ccc1B1OC(C)(C)C(C)(C)O1. The van der Waals surface area contributed by atoms with Gasteiger partial charge in [0.2, 0.25) is 0 Å². The van der Waals surface area contributed by atoms with Crippen molar-refractivity contribution >= 4 is 12.7 Å². The highest BCUT2D eigenvalue weighted by Crippen LogP contribution is 2.36. The van der Waals surface area contributed by atoms with E-state index in [-0.39, 0.29) is 18.3 Å². The van der Waals surface area contributed by atoms with Crippen LogP contribution in [-0.2, 0) is 20.6 Å². The molecule has 0 amide bonds. The molecule has 1 aromatic rings. The Morgan fingerprint density at radius 2 is 1.74 bits per heavy atom. The minimum atomic E-state index is -0.310. The maximum absolute atomic E-state index is 6.10. The van der Waals surface area contributed by atoms with E-state index in [1.807, 2.05) is 0 Å². The highest BCUT2D eigenvalue weighted by atomic mass is 16.7. The Hall–Kier alpha value is -0.775. The Balaban J connectivity index is 2.24. The number of aromatic nitrogens is 1. The summed E-state index contributed by atoms with van der Waals surface area (Å²) < 4.78 is 19.6. The van der Waals surface area contributed by atoms with Crippen molar-refractivity contribution in [1.29, 1.82) is 0 Å². The third kappa shape index (κ3) is 2.60. The highest BCUT2D eigenvalue weighted by molar-refractivity contribution is 6.61. The van der Waals surface area contributed by atoms with Crippen molar-refractivity contribution in [1.82, 2.24) is 4.57 Å². The Morgan fingerprint density at radius 3 is 2.26 bits per heavy atom. The van der Waals surface area contributed by atoms with E-state index in [0.717, 1.165) is 12.1 Å². The van der Waals surface area contributed by atoms with Crippen LogP contribution in [0.25, 0.3) is 0 Å². The molecule has 0 saturated carbocycles. The molecule has 0 N–H and O–H groups in total. The van der Waals surface area contributed by atoms with Gasteiger partial charge >= 0.3 is 7.12 Å². The van der Waals surface area contributed by atoms with Crippen LogP contribution in [0.2, 0.25) is 0 Å². The van der Waals surface area contributed by atoms with Gasteiger partial charge < -0.3 is 18.6 Å². The molecule has 0 aliphatic carbocycles. The van der Waals surface area contributed by atoms with Gasteiger partial charge in [0.25, 0.3) is 0 Å². The van der Waals surface area contributed by atoms with E-state index in [4.69, 9.17) is 14.0 Å². The molecule has 1 aromatic heterocycles. The Labute approximate surface area is 116 Å². The first kappa shape index (κ1) is 14.6. The fourth-order valence-electron chi connectivity index (χ4n) is 2.25. The largest absolute Gasteiger partial charge is 0.512 e. The summed E-state index contributed by atoms with van der Waals surface area (Å²) >= 11 is 0. The second kappa shape index (κ2) is 4.96. The van der Waals surface area contributed by atoms with Crippen LogP contribution in [-0.4, -0.2) is 36.6 Å². The van der Waals surface area contributed by atoms with Gasteiger partial charge in [-0.25, -0.2) is 0 Å². The standard InChI is InChI=1S/C14H24BNO3/c1-11-7-8-12(16(11)9-10-17-6)15-18-13(2,3)14(4,5)19-15/h7-8H,9-10H2,1-6H3. The van der Waals surface area contributed by atoms with E-state index < -0.39 is 0 Å². The zero-order valence-electron chi connectivity index (χ0n) is 12.8. The minimum Gasteiger partial charge on any atom is -0.398 e. The number of hydrogen-bond acceptors (Lipinski definition) is 3. The quantitative estimate of drug-likeness (QED) is 0.777. The molecular weight excluding hydrogens is 241 g/mol. The van der Waals surface area contributed by atoms with Gasteiger partial charge in [-0.15, -0.1) is 0 Å². The summed E-state index contributed by atoms with van der Waals surface area (Å²) in [6.45, 7) is 11.9. The zero-order valence-corrected chi connectivity index (χ0v) is 12.8. The van der Waals surface area contributed by atoms with Crippen molar-refractivity contribution in [2.75, 3.05) is 13.7 Å². The normalized spacial score (nSPS) is 21.1. The van der Waals surface area contributed by atoms with Gasteiger partial charge in [-0.05, 0) is 46.8 Å². The molecular formula is C14H24BNO3. The lowest BCUT2D eigenvalue weighted by molar-refractivity contribution is 0.00578. The van der Waals surface area contributed by atoms with Crippen LogP contribution in [0.15, 0.2) is 12.1 Å². The summed E-state index contributed by atoms with van der Waals surface area (Å²) in [5, 5.41) is 0. The number of ether oxygens (including phenoxy) is 1. The third-order valence-corrected chi connectivity index (χ3v) is 4.25. The van der Waals surface area contributed by atoms with E-state index in [9.17, 15) is 0 Å². The third-order valence-electron chi connectivity index (χ3n) is 4.25. The van der Waals surface area contributed by atoms with Crippen LogP contribution < -0.4 is 5.59 Å². The summed E-state index contributed by atoms with van der Waals surface area (Å²) in [5.74, 6) is 0. The topological polar surface area (TPSA) is 32.6 Å². The Kier molecular flexibility index (Phi) is 3.82. The van der Waals surface area contributed by atoms with Gasteiger partial charge in [0.15, 0.2) is 0 Å². The molecule has 19 heavy (non-hydrogen) atoms. The average molecular weight is 265 g/mol. The molecule has 0 aromatic carbocycles. The van der Waals surface area contributed by atoms with Crippen molar-refractivity contribution in [3.63, 3.8) is 0 Å². The maximum atomic E-state index is 6.10. The van der Waals surface area contributed by atoms with Gasteiger partial charge in [0.1, 0.15) is 0 Å². The summed E-state index contributed by atoms with van der Waals surface area (Å²) in [6, 6.07) is 4.17. The predicted octanol–water partition coefficient (Wildman–Crippen LogP) is 1.74. The fraction of sp³-hybridized carbons (Fsp3) is 0.714. The van der Waals surface area contributed by atoms with E-state index in [1.54, 1.807) is 7.11 Å². The Bertz CT molecular complexity index is 438. The average Bonchev–Trinajstić information content (AvgIpc) is 2.75. The van der Waals surface area contributed by atoms with Gasteiger partial charge in [-0.1, -0.05) is 0 Å². The lowest BCUT2D eigenvalue weighted by Gasteiger charge is -2.32. The molecule has 1 fully saturated rings. The molecule has 1 saturated heterocycles.